The molecular formula is C25H33FN2O2S. The number of carbonyl (C=O) groups excluding carboxylic acids is 2. The Balaban J connectivity index is 2.13. The molecule has 0 saturated carbocycles. The molecule has 1 unspecified atom stereocenters. The van der Waals surface area contributed by atoms with Crippen molar-refractivity contribution in [3.8, 4) is 0 Å². The summed E-state index contributed by atoms with van der Waals surface area (Å²) in [4.78, 5) is 27.3. The first-order chi connectivity index (χ1) is 14.5. The van der Waals surface area contributed by atoms with E-state index in [1.807, 2.05) is 20.8 Å². The highest BCUT2D eigenvalue weighted by molar-refractivity contribution is 7.99. The van der Waals surface area contributed by atoms with Gasteiger partial charge in [-0.15, -0.1) is 11.8 Å². The van der Waals surface area contributed by atoms with E-state index in [9.17, 15) is 14.0 Å². The molecule has 0 radical (unpaired) electrons. The van der Waals surface area contributed by atoms with E-state index in [-0.39, 0.29) is 29.9 Å². The Labute approximate surface area is 189 Å². The molecular weight excluding hydrogens is 411 g/mol. The van der Waals surface area contributed by atoms with Crippen molar-refractivity contribution in [2.75, 3.05) is 5.75 Å². The predicted molar refractivity (Wildman–Crippen MR) is 126 cm³/mol. The highest BCUT2D eigenvalue weighted by atomic mass is 32.2. The van der Waals surface area contributed by atoms with Crippen molar-refractivity contribution in [3.05, 3.63) is 70.5 Å². The number of amides is 2. The number of hydrogen-bond acceptors (Lipinski definition) is 3. The minimum Gasteiger partial charge on any atom is -0.350 e. The van der Waals surface area contributed by atoms with Crippen LogP contribution in [-0.4, -0.2) is 34.0 Å². The number of rotatable bonds is 8. The first kappa shape index (κ1) is 24.9. The number of aryl methyl sites for hydroxylation is 2. The molecule has 1 N–H and O–H groups in total. The molecule has 168 valence electrons. The zero-order valence-corrected chi connectivity index (χ0v) is 20.1. The van der Waals surface area contributed by atoms with Gasteiger partial charge in [0.2, 0.25) is 11.8 Å². The maximum atomic E-state index is 14.3. The lowest BCUT2D eigenvalue weighted by molar-refractivity contribution is -0.139. The van der Waals surface area contributed by atoms with Gasteiger partial charge in [-0.25, -0.2) is 4.39 Å². The van der Waals surface area contributed by atoms with Crippen LogP contribution < -0.4 is 5.32 Å². The zero-order valence-electron chi connectivity index (χ0n) is 19.3. The fraction of sp³-hybridized carbons (Fsp3) is 0.440. The van der Waals surface area contributed by atoms with Crippen molar-refractivity contribution in [3.63, 3.8) is 0 Å². The summed E-state index contributed by atoms with van der Waals surface area (Å²) < 4.78 is 14.3. The highest BCUT2D eigenvalue weighted by Crippen LogP contribution is 2.19. The molecule has 2 amide bonds. The number of thioether (sulfide) groups is 1. The van der Waals surface area contributed by atoms with E-state index in [1.165, 1.54) is 33.9 Å². The van der Waals surface area contributed by atoms with E-state index < -0.39 is 11.6 Å². The van der Waals surface area contributed by atoms with Crippen molar-refractivity contribution in [2.24, 2.45) is 0 Å². The van der Waals surface area contributed by atoms with Crippen LogP contribution in [0.25, 0.3) is 0 Å². The SMILES string of the molecule is Cc1cc(C)cc(CSCC(=O)N(Cc2ccccc2F)C(C)C(=O)NC(C)(C)C)c1. The van der Waals surface area contributed by atoms with Crippen LogP contribution in [0.15, 0.2) is 42.5 Å². The second-order valence-electron chi connectivity index (χ2n) is 9.02. The lowest BCUT2D eigenvalue weighted by Gasteiger charge is -2.31. The van der Waals surface area contributed by atoms with Crippen molar-refractivity contribution in [2.45, 2.75) is 65.4 Å². The Morgan fingerprint density at radius 3 is 2.29 bits per heavy atom. The smallest absolute Gasteiger partial charge is 0.242 e. The van der Waals surface area contributed by atoms with Gasteiger partial charge < -0.3 is 10.2 Å². The van der Waals surface area contributed by atoms with Crippen LogP contribution in [0.1, 0.15) is 49.9 Å². The van der Waals surface area contributed by atoms with Crippen LogP contribution in [-0.2, 0) is 21.9 Å². The summed E-state index contributed by atoms with van der Waals surface area (Å²) in [6, 6.07) is 12.0. The van der Waals surface area contributed by atoms with Crippen LogP contribution >= 0.6 is 11.8 Å². The molecule has 0 aliphatic carbocycles. The van der Waals surface area contributed by atoms with Crippen LogP contribution in [0.4, 0.5) is 4.39 Å². The molecule has 0 aliphatic heterocycles. The average Bonchev–Trinajstić information content (AvgIpc) is 2.64. The summed E-state index contributed by atoms with van der Waals surface area (Å²) in [6.07, 6.45) is 0. The lowest BCUT2D eigenvalue weighted by Crippen LogP contribution is -2.52. The lowest BCUT2D eigenvalue weighted by atomic mass is 10.1. The molecule has 0 aromatic heterocycles. The van der Waals surface area contributed by atoms with Gasteiger partial charge in [0.05, 0.1) is 5.75 Å². The molecule has 6 heteroatoms. The Bertz CT molecular complexity index is 904. The molecule has 0 fully saturated rings. The van der Waals surface area contributed by atoms with Crippen LogP contribution in [0.5, 0.6) is 0 Å². The molecule has 0 spiro atoms. The Morgan fingerprint density at radius 1 is 1.10 bits per heavy atom. The molecule has 4 nitrogen and oxygen atoms in total. The van der Waals surface area contributed by atoms with E-state index in [0.29, 0.717) is 11.3 Å². The van der Waals surface area contributed by atoms with Gasteiger partial charge in [-0.05, 0) is 53.2 Å². The molecule has 31 heavy (non-hydrogen) atoms. The van der Waals surface area contributed by atoms with E-state index in [2.05, 4.69) is 37.4 Å². The Morgan fingerprint density at radius 2 is 1.71 bits per heavy atom. The van der Waals surface area contributed by atoms with E-state index in [1.54, 1.807) is 25.1 Å². The summed E-state index contributed by atoms with van der Waals surface area (Å²) in [7, 11) is 0. The molecule has 2 aromatic rings. The average molecular weight is 445 g/mol. The van der Waals surface area contributed by atoms with Gasteiger partial charge >= 0.3 is 0 Å². The number of hydrogen-bond donors (Lipinski definition) is 1. The summed E-state index contributed by atoms with van der Waals surface area (Å²) in [5, 5.41) is 2.92. The van der Waals surface area contributed by atoms with Gasteiger partial charge in [-0.1, -0.05) is 47.5 Å². The number of carbonyl (C=O) groups is 2. The standard InChI is InChI=1S/C25H33FN2O2S/c1-17-11-18(2)13-20(12-17)15-31-16-23(29)28(14-21-9-7-8-10-22(21)26)19(3)24(30)27-25(4,5)6/h7-13,19H,14-16H2,1-6H3,(H,27,30). The second kappa shape index (κ2) is 10.8. The fourth-order valence-electron chi connectivity index (χ4n) is 3.36. The summed E-state index contributed by atoms with van der Waals surface area (Å²) in [5.74, 6) is 0.0937. The Kier molecular flexibility index (Phi) is 8.69. The monoisotopic (exact) mass is 444 g/mol. The van der Waals surface area contributed by atoms with Gasteiger partial charge in [0.25, 0.3) is 0 Å². The quantitative estimate of drug-likeness (QED) is 0.623. The highest BCUT2D eigenvalue weighted by Gasteiger charge is 2.28. The summed E-state index contributed by atoms with van der Waals surface area (Å²) >= 11 is 1.50. The summed E-state index contributed by atoms with van der Waals surface area (Å²) in [5.41, 5.74) is 3.52. The molecule has 1 atom stereocenters. The van der Waals surface area contributed by atoms with Crippen LogP contribution in [0, 0.1) is 19.7 Å². The second-order valence-corrected chi connectivity index (χ2v) is 10.0. The normalized spacial score (nSPS) is 12.4. The third-order valence-corrected chi connectivity index (χ3v) is 5.73. The molecule has 2 aromatic carbocycles. The van der Waals surface area contributed by atoms with Crippen molar-refractivity contribution >= 4 is 23.6 Å². The minimum atomic E-state index is -0.715. The van der Waals surface area contributed by atoms with Crippen molar-refractivity contribution in [1.82, 2.24) is 10.2 Å². The molecule has 0 bridgehead atoms. The van der Waals surface area contributed by atoms with Gasteiger partial charge in [-0.3, -0.25) is 9.59 Å². The number of nitrogens with zero attached hydrogens (tertiary/aromatic N) is 1. The van der Waals surface area contributed by atoms with Crippen LogP contribution in [0.2, 0.25) is 0 Å². The first-order valence-electron chi connectivity index (χ1n) is 10.5. The van der Waals surface area contributed by atoms with Gasteiger partial charge in [0, 0.05) is 23.4 Å². The van der Waals surface area contributed by atoms with Gasteiger partial charge in [-0.2, -0.15) is 0 Å². The topological polar surface area (TPSA) is 49.4 Å². The third kappa shape index (κ3) is 8.02. The number of benzene rings is 2. The van der Waals surface area contributed by atoms with E-state index in [4.69, 9.17) is 0 Å². The minimum absolute atomic E-state index is 0.0499. The van der Waals surface area contributed by atoms with E-state index in [0.717, 1.165) is 5.56 Å². The number of nitrogens with one attached hydrogen (secondary N) is 1. The summed E-state index contributed by atoms with van der Waals surface area (Å²) in [6.45, 7) is 11.5. The number of halogens is 1. The van der Waals surface area contributed by atoms with Crippen molar-refractivity contribution < 1.29 is 14.0 Å². The van der Waals surface area contributed by atoms with Gasteiger partial charge in [0.1, 0.15) is 11.9 Å². The molecule has 0 saturated heterocycles. The molecule has 0 aliphatic rings. The maximum Gasteiger partial charge on any atom is 0.242 e. The molecule has 0 heterocycles. The van der Waals surface area contributed by atoms with Gasteiger partial charge in [0.15, 0.2) is 0 Å². The van der Waals surface area contributed by atoms with Crippen molar-refractivity contribution in [1.29, 1.82) is 0 Å². The predicted octanol–water partition coefficient (Wildman–Crippen LogP) is 5.01. The van der Waals surface area contributed by atoms with Crippen LogP contribution in [0.3, 0.4) is 0 Å². The third-order valence-electron chi connectivity index (χ3n) is 4.74. The molecule has 2 rings (SSSR count). The van der Waals surface area contributed by atoms with E-state index >= 15 is 0 Å². The zero-order chi connectivity index (χ0) is 23.2. The maximum absolute atomic E-state index is 14.3. The fourth-order valence-corrected chi connectivity index (χ4v) is 4.20. The first-order valence-corrected chi connectivity index (χ1v) is 11.6. The largest absolute Gasteiger partial charge is 0.350 e. The Hall–Kier alpha value is -2.34.